The molecule has 1 aliphatic heterocycles. The summed E-state index contributed by atoms with van der Waals surface area (Å²) in [6.07, 6.45) is 1.16. The predicted octanol–water partition coefficient (Wildman–Crippen LogP) is 4.18. The minimum absolute atomic E-state index is 0.0273. The second-order valence-electron chi connectivity index (χ2n) is 9.63. The van der Waals surface area contributed by atoms with Crippen LogP contribution < -0.4 is 5.32 Å². The van der Waals surface area contributed by atoms with Gasteiger partial charge in [0.1, 0.15) is 6.04 Å². The minimum Gasteiger partial charge on any atom is -0.480 e. The first-order valence-corrected chi connectivity index (χ1v) is 13.8. The Morgan fingerprint density at radius 2 is 1.68 bits per heavy atom. The lowest BCUT2D eigenvalue weighted by Crippen LogP contribution is -2.50. The maximum atomic E-state index is 13.1. The minimum atomic E-state index is -3.73. The average Bonchev–Trinajstić information content (AvgIpc) is 2.89. The van der Waals surface area contributed by atoms with Gasteiger partial charge in [-0.15, -0.1) is 0 Å². The molecule has 3 aromatic carbocycles. The van der Waals surface area contributed by atoms with Crippen molar-refractivity contribution in [3.8, 4) is 11.1 Å². The summed E-state index contributed by atoms with van der Waals surface area (Å²) in [5.74, 6) is -2.18. The quantitative estimate of drug-likeness (QED) is 0.464. The van der Waals surface area contributed by atoms with E-state index in [0.717, 1.165) is 27.8 Å². The van der Waals surface area contributed by atoms with Crippen molar-refractivity contribution in [2.24, 2.45) is 5.92 Å². The largest absolute Gasteiger partial charge is 0.480 e. The number of carboxylic acid groups (broad SMARTS) is 1. The van der Waals surface area contributed by atoms with Gasteiger partial charge in [0, 0.05) is 19.5 Å². The van der Waals surface area contributed by atoms with Crippen LogP contribution >= 0.6 is 0 Å². The molecule has 3 aromatic rings. The highest BCUT2D eigenvalue weighted by Crippen LogP contribution is 2.25. The Balaban J connectivity index is 1.42. The Hall–Kier alpha value is -3.49. The average molecular weight is 521 g/mol. The molecule has 0 radical (unpaired) electrons. The summed E-state index contributed by atoms with van der Waals surface area (Å²) >= 11 is 0. The van der Waals surface area contributed by atoms with Crippen molar-refractivity contribution in [1.82, 2.24) is 9.62 Å². The molecule has 194 valence electrons. The van der Waals surface area contributed by atoms with Gasteiger partial charge in [-0.05, 0) is 61.1 Å². The van der Waals surface area contributed by atoms with Gasteiger partial charge in [-0.25, -0.2) is 13.2 Å². The van der Waals surface area contributed by atoms with Gasteiger partial charge in [-0.2, -0.15) is 4.31 Å². The van der Waals surface area contributed by atoms with Gasteiger partial charge in [0.25, 0.3) is 0 Å². The molecule has 1 aliphatic rings. The van der Waals surface area contributed by atoms with Crippen LogP contribution in [-0.4, -0.2) is 48.8 Å². The van der Waals surface area contributed by atoms with E-state index in [-0.39, 0.29) is 17.9 Å². The first kappa shape index (κ1) is 26.6. The number of aryl methyl sites for hydroxylation is 2. The number of nitrogens with one attached hydrogen (secondary N) is 1. The molecule has 1 heterocycles. The Labute approximate surface area is 218 Å². The van der Waals surface area contributed by atoms with Crippen LogP contribution in [-0.2, 0) is 26.0 Å². The molecule has 4 rings (SSSR count). The summed E-state index contributed by atoms with van der Waals surface area (Å²) in [5, 5.41) is 12.4. The monoisotopic (exact) mass is 520 g/mol. The van der Waals surface area contributed by atoms with Crippen LogP contribution in [0.3, 0.4) is 0 Å². The zero-order valence-electron chi connectivity index (χ0n) is 21.1. The van der Waals surface area contributed by atoms with E-state index in [1.807, 2.05) is 62.4 Å². The van der Waals surface area contributed by atoms with Crippen molar-refractivity contribution in [2.45, 2.75) is 44.0 Å². The highest BCUT2D eigenvalue weighted by molar-refractivity contribution is 7.89. The molecule has 0 spiro atoms. The van der Waals surface area contributed by atoms with Crippen molar-refractivity contribution in [1.29, 1.82) is 0 Å². The summed E-state index contributed by atoms with van der Waals surface area (Å²) in [5.41, 5.74) is 5.04. The number of hydrogen-bond acceptors (Lipinski definition) is 4. The molecular formula is C29H32N2O5S. The molecule has 2 N–H and O–H groups in total. The maximum absolute atomic E-state index is 13.1. The number of amides is 1. The number of carboxylic acids is 1. The first-order chi connectivity index (χ1) is 17.6. The smallest absolute Gasteiger partial charge is 0.326 e. The Bertz CT molecular complexity index is 1370. The van der Waals surface area contributed by atoms with E-state index in [1.165, 1.54) is 4.31 Å². The molecule has 8 heteroatoms. The van der Waals surface area contributed by atoms with E-state index in [2.05, 4.69) is 5.32 Å². The number of rotatable bonds is 8. The van der Waals surface area contributed by atoms with Crippen LogP contribution in [0, 0.1) is 19.8 Å². The van der Waals surface area contributed by atoms with Gasteiger partial charge in [0.05, 0.1) is 10.8 Å². The van der Waals surface area contributed by atoms with Gasteiger partial charge in [-0.3, -0.25) is 4.79 Å². The molecule has 7 nitrogen and oxygen atoms in total. The number of benzene rings is 3. The zero-order valence-corrected chi connectivity index (χ0v) is 21.9. The first-order valence-electron chi connectivity index (χ1n) is 12.4. The Morgan fingerprint density at radius 1 is 1.00 bits per heavy atom. The van der Waals surface area contributed by atoms with Crippen LogP contribution in [0.1, 0.15) is 29.5 Å². The third kappa shape index (κ3) is 6.26. The summed E-state index contributed by atoms with van der Waals surface area (Å²) in [6, 6.07) is 21.2. The number of carbonyl (C=O) groups is 2. The molecule has 1 unspecified atom stereocenters. The molecule has 0 bridgehead atoms. The van der Waals surface area contributed by atoms with E-state index in [0.29, 0.717) is 19.4 Å². The fourth-order valence-electron chi connectivity index (χ4n) is 4.68. The lowest BCUT2D eigenvalue weighted by molar-refractivity contribution is -0.142. The van der Waals surface area contributed by atoms with Crippen LogP contribution in [0.15, 0.2) is 77.7 Å². The van der Waals surface area contributed by atoms with E-state index in [4.69, 9.17) is 0 Å². The van der Waals surface area contributed by atoms with E-state index < -0.39 is 33.9 Å². The van der Waals surface area contributed by atoms with E-state index >= 15 is 0 Å². The van der Waals surface area contributed by atoms with Crippen molar-refractivity contribution in [2.75, 3.05) is 13.1 Å². The van der Waals surface area contributed by atoms with Crippen molar-refractivity contribution in [3.05, 3.63) is 89.5 Å². The highest BCUT2D eigenvalue weighted by Gasteiger charge is 2.34. The lowest BCUT2D eigenvalue weighted by Gasteiger charge is -2.31. The molecule has 1 saturated heterocycles. The van der Waals surface area contributed by atoms with Gasteiger partial charge in [0.15, 0.2) is 0 Å². The predicted molar refractivity (Wildman–Crippen MR) is 143 cm³/mol. The van der Waals surface area contributed by atoms with Crippen molar-refractivity contribution < 1.29 is 23.1 Å². The molecule has 0 aliphatic carbocycles. The van der Waals surface area contributed by atoms with Gasteiger partial charge >= 0.3 is 5.97 Å². The van der Waals surface area contributed by atoms with Crippen molar-refractivity contribution >= 4 is 21.9 Å². The second kappa shape index (κ2) is 11.3. The zero-order chi connectivity index (χ0) is 26.6. The van der Waals surface area contributed by atoms with Gasteiger partial charge in [0.2, 0.25) is 15.9 Å². The van der Waals surface area contributed by atoms with Gasteiger partial charge in [-0.1, -0.05) is 66.2 Å². The fraction of sp³-hybridized carbons (Fsp3) is 0.310. The molecular weight excluding hydrogens is 488 g/mol. The number of carbonyl (C=O) groups excluding carboxylic acids is 1. The molecule has 2 atom stereocenters. The third-order valence-corrected chi connectivity index (χ3v) is 8.76. The normalized spacial score (nSPS) is 17.2. The number of piperidine rings is 1. The topological polar surface area (TPSA) is 104 Å². The fourth-order valence-corrected chi connectivity index (χ4v) is 6.20. The SMILES string of the molecule is Cc1ccc(S(=O)(=O)N2CCCC(C(=O)N[C@@H](Cc3ccc(-c4ccccc4C)cc3)C(=O)O)C2)cc1. The number of sulfonamides is 1. The van der Waals surface area contributed by atoms with E-state index in [9.17, 15) is 23.1 Å². The number of hydrogen-bond donors (Lipinski definition) is 2. The molecule has 1 fully saturated rings. The lowest BCUT2D eigenvalue weighted by atomic mass is 9.96. The molecule has 37 heavy (non-hydrogen) atoms. The van der Waals surface area contributed by atoms with Crippen LogP contribution in [0.4, 0.5) is 0 Å². The second-order valence-corrected chi connectivity index (χ2v) is 11.6. The summed E-state index contributed by atoms with van der Waals surface area (Å²) in [7, 11) is -3.73. The number of nitrogens with zero attached hydrogens (tertiary/aromatic N) is 1. The van der Waals surface area contributed by atoms with Crippen LogP contribution in [0.25, 0.3) is 11.1 Å². The van der Waals surface area contributed by atoms with Crippen LogP contribution in [0.2, 0.25) is 0 Å². The van der Waals surface area contributed by atoms with Crippen LogP contribution in [0.5, 0.6) is 0 Å². The van der Waals surface area contributed by atoms with E-state index in [1.54, 1.807) is 24.3 Å². The Kier molecular flexibility index (Phi) is 8.10. The molecule has 0 saturated carbocycles. The maximum Gasteiger partial charge on any atom is 0.326 e. The summed E-state index contributed by atoms with van der Waals surface area (Å²) in [6.45, 7) is 4.28. The van der Waals surface area contributed by atoms with Gasteiger partial charge < -0.3 is 10.4 Å². The Morgan fingerprint density at radius 3 is 2.32 bits per heavy atom. The summed E-state index contributed by atoms with van der Waals surface area (Å²) < 4.78 is 27.5. The van der Waals surface area contributed by atoms with Crippen molar-refractivity contribution in [3.63, 3.8) is 0 Å². The standard InChI is InChI=1S/C29H32N2O5S/c1-20-9-15-25(16-10-20)37(35,36)31-17-5-7-24(19-31)28(32)30-27(29(33)34)18-22-11-13-23(14-12-22)26-8-4-3-6-21(26)2/h3-4,6,8-16,24,27H,5,7,17-19H2,1-2H3,(H,30,32)(H,33,34)/t24?,27-/m0/s1. The third-order valence-electron chi connectivity index (χ3n) is 6.88. The highest BCUT2D eigenvalue weighted by atomic mass is 32.2. The molecule has 0 aromatic heterocycles. The molecule has 1 amide bonds. The number of aliphatic carboxylic acids is 1. The summed E-state index contributed by atoms with van der Waals surface area (Å²) in [4.78, 5) is 25.2.